The summed E-state index contributed by atoms with van der Waals surface area (Å²) in [5.74, 6) is 3.97. The number of hydrogen-bond acceptors (Lipinski definition) is 4. The van der Waals surface area contributed by atoms with Gasteiger partial charge in [-0.15, -0.1) is 0 Å². The van der Waals surface area contributed by atoms with Crippen LogP contribution in [0.25, 0.3) is 0 Å². The predicted molar refractivity (Wildman–Crippen MR) is 80.9 cm³/mol. The Morgan fingerprint density at radius 1 is 1.09 bits per heavy atom. The van der Waals surface area contributed by atoms with Crippen molar-refractivity contribution in [1.29, 1.82) is 0 Å². The fourth-order valence-corrected chi connectivity index (χ4v) is 2.48. The van der Waals surface area contributed by atoms with Gasteiger partial charge in [-0.3, -0.25) is 19.8 Å². The quantitative estimate of drug-likeness (QED) is 0.354. The number of amides is 3. The number of benzene rings is 1. The highest BCUT2D eigenvalue weighted by Crippen LogP contribution is 2.18. The lowest BCUT2D eigenvalue weighted by molar-refractivity contribution is -0.137. The molecule has 118 valence electrons. The number of hydrogen-bond donors (Lipinski definition) is 2. The summed E-state index contributed by atoms with van der Waals surface area (Å²) >= 11 is 6.02. The van der Waals surface area contributed by atoms with Crippen LogP contribution in [0.3, 0.4) is 0 Å². The van der Waals surface area contributed by atoms with E-state index in [1.165, 1.54) is 0 Å². The van der Waals surface area contributed by atoms with E-state index in [4.69, 9.17) is 17.4 Å². The van der Waals surface area contributed by atoms with E-state index in [0.717, 1.165) is 0 Å². The van der Waals surface area contributed by atoms with Gasteiger partial charge in [-0.05, 0) is 12.1 Å². The second kappa shape index (κ2) is 7.24. The van der Waals surface area contributed by atoms with Gasteiger partial charge in [-0.1, -0.05) is 23.7 Å². The van der Waals surface area contributed by atoms with Crippen LogP contribution in [0.15, 0.2) is 24.3 Å². The molecule has 3 amide bonds. The standard InChI is InChI=1S/C14H17ClN4O3/c15-11-4-2-1-3-10(11)14(22)19-7-5-18(6-8-19)13(21)9-12(20)17-16/h1-4H,5-9,16H2,(H,17,20). The molecule has 2 rings (SSSR count). The molecule has 0 radical (unpaired) electrons. The first-order valence-corrected chi connectivity index (χ1v) is 7.21. The molecule has 0 aromatic heterocycles. The minimum atomic E-state index is -0.528. The van der Waals surface area contributed by atoms with Gasteiger partial charge in [0.15, 0.2) is 0 Å². The summed E-state index contributed by atoms with van der Waals surface area (Å²) in [6, 6.07) is 6.86. The number of hydrazine groups is 1. The summed E-state index contributed by atoms with van der Waals surface area (Å²) in [5.41, 5.74) is 2.37. The smallest absolute Gasteiger partial charge is 0.255 e. The Balaban J connectivity index is 1.92. The molecule has 1 fully saturated rings. The number of rotatable bonds is 3. The Morgan fingerprint density at radius 3 is 2.27 bits per heavy atom. The lowest BCUT2D eigenvalue weighted by Gasteiger charge is -2.34. The molecule has 0 spiro atoms. The number of halogens is 1. The third kappa shape index (κ3) is 3.75. The van der Waals surface area contributed by atoms with Crippen LogP contribution in [-0.4, -0.2) is 53.7 Å². The van der Waals surface area contributed by atoms with Crippen molar-refractivity contribution >= 4 is 29.3 Å². The van der Waals surface area contributed by atoms with Crippen LogP contribution in [0, 0.1) is 0 Å². The van der Waals surface area contributed by atoms with Gasteiger partial charge in [-0.2, -0.15) is 0 Å². The molecule has 22 heavy (non-hydrogen) atoms. The highest BCUT2D eigenvalue weighted by atomic mass is 35.5. The van der Waals surface area contributed by atoms with Crippen LogP contribution in [0.2, 0.25) is 5.02 Å². The Bertz CT molecular complexity index is 585. The molecule has 1 saturated heterocycles. The Hall–Kier alpha value is -2.12. The van der Waals surface area contributed by atoms with Gasteiger partial charge in [0, 0.05) is 26.2 Å². The Kier molecular flexibility index (Phi) is 5.35. The van der Waals surface area contributed by atoms with Crippen molar-refractivity contribution in [2.24, 2.45) is 5.84 Å². The van der Waals surface area contributed by atoms with Crippen molar-refractivity contribution in [3.05, 3.63) is 34.9 Å². The molecule has 0 bridgehead atoms. The molecule has 1 aliphatic rings. The average Bonchev–Trinajstić information content (AvgIpc) is 2.54. The summed E-state index contributed by atoms with van der Waals surface area (Å²) < 4.78 is 0. The van der Waals surface area contributed by atoms with Crippen LogP contribution in [0.5, 0.6) is 0 Å². The number of carbonyl (C=O) groups excluding carboxylic acids is 3. The SMILES string of the molecule is NNC(=O)CC(=O)N1CCN(C(=O)c2ccccc2Cl)CC1. The van der Waals surface area contributed by atoms with Crippen LogP contribution < -0.4 is 11.3 Å². The first-order valence-electron chi connectivity index (χ1n) is 6.84. The lowest BCUT2D eigenvalue weighted by atomic mass is 10.1. The van der Waals surface area contributed by atoms with E-state index in [9.17, 15) is 14.4 Å². The second-order valence-electron chi connectivity index (χ2n) is 4.90. The van der Waals surface area contributed by atoms with Crippen molar-refractivity contribution in [2.45, 2.75) is 6.42 Å². The molecule has 0 atom stereocenters. The molecule has 7 nitrogen and oxygen atoms in total. The van der Waals surface area contributed by atoms with Crippen molar-refractivity contribution in [3.8, 4) is 0 Å². The molecule has 1 aromatic rings. The van der Waals surface area contributed by atoms with E-state index in [1.807, 2.05) is 5.43 Å². The predicted octanol–water partition coefficient (Wildman–Crippen LogP) is 0.00440. The lowest BCUT2D eigenvalue weighted by Crippen LogP contribution is -2.51. The maximum absolute atomic E-state index is 12.4. The molecule has 3 N–H and O–H groups in total. The summed E-state index contributed by atoms with van der Waals surface area (Å²) in [7, 11) is 0. The fraction of sp³-hybridized carbons (Fsp3) is 0.357. The normalized spacial score (nSPS) is 14.6. The van der Waals surface area contributed by atoms with Crippen LogP contribution in [0.4, 0.5) is 0 Å². The molecule has 8 heteroatoms. The van der Waals surface area contributed by atoms with Gasteiger partial charge in [0.2, 0.25) is 11.8 Å². The highest BCUT2D eigenvalue weighted by molar-refractivity contribution is 6.33. The van der Waals surface area contributed by atoms with E-state index < -0.39 is 5.91 Å². The van der Waals surface area contributed by atoms with Crippen LogP contribution in [0.1, 0.15) is 16.8 Å². The first kappa shape index (κ1) is 16.3. The topological polar surface area (TPSA) is 95.7 Å². The number of nitrogens with two attached hydrogens (primary N) is 1. The van der Waals surface area contributed by atoms with Gasteiger partial charge < -0.3 is 9.80 Å². The van der Waals surface area contributed by atoms with Crippen molar-refractivity contribution in [2.75, 3.05) is 26.2 Å². The molecular formula is C14H17ClN4O3. The Labute approximate surface area is 133 Å². The summed E-state index contributed by atoms with van der Waals surface area (Å²) in [6.45, 7) is 1.57. The second-order valence-corrected chi connectivity index (χ2v) is 5.30. The highest BCUT2D eigenvalue weighted by Gasteiger charge is 2.26. The molecule has 0 aliphatic carbocycles. The number of piperazine rings is 1. The number of carbonyl (C=O) groups is 3. The molecule has 1 aromatic carbocycles. The monoisotopic (exact) mass is 324 g/mol. The number of nitrogens with one attached hydrogen (secondary N) is 1. The molecular weight excluding hydrogens is 308 g/mol. The van der Waals surface area contributed by atoms with E-state index in [0.29, 0.717) is 36.8 Å². The zero-order valence-corrected chi connectivity index (χ0v) is 12.7. The van der Waals surface area contributed by atoms with Crippen LogP contribution >= 0.6 is 11.6 Å². The molecule has 1 aliphatic heterocycles. The van der Waals surface area contributed by atoms with Gasteiger partial charge >= 0.3 is 0 Å². The molecule has 0 unspecified atom stereocenters. The number of nitrogens with zero attached hydrogens (tertiary/aromatic N) is 2. The van der Waals surface area contributed by atoms with Gasteiger partial charge in [-0.25, -0.2) is 5.84 Å². The van der Waals surface area contributed by atoms with E-state index in [1.54, 1.807) is 34.1 Å². The third-order valence-corrected chi connectivity index (χ3v) is 3.83. The summed E-state index contributed by atoms with van der Waals surface area (Å²) in [4.78, 5) is 38.5. The summed E-state index contributed by atoms with van der Waals surface area (Å²) in [6.07, 6.45) is -0.283. The zero-order chi connectivity index (χ0) is 16.1. The van der Waals surface area contributed by atoms with Gasteiger partial charge in [0.05, 0.1) is 10.6 Å². The van der Waals surface area contributed by atoms with Crippen LogP contribution in [-0.2, 0) is 9.59 Å². The van der Waals surface area contributed by atoms with E-state index >= 15 is 0 Å². The van der Waals surface area contributed by atoms with E-state index in [2.05, 4.69) is 0 Å². The molecule has 1 heterocycles. The minimum Gasteiger partial charge on any atom is -0.339 e. The van der Waals surface area contributed by atoms with Gasteiger partial charge in [0.25, 0.3) is 5.91 Å². The fourth-order valence-electron chi connectivity index (χ4n) is 2.26. The van der Waals surface area contributed by atoms with Gasteiger partial charge in [0.1, 0.15) is 6.42 Å². The first-order chi connectivity index (χ1) is 10.5. The largest absolute Gasteiger partial charge is 0.339 e. The third-order valence-electron chi connectivity index (χ3n) is 3.50. The summed E-state index contributed by atoms with van der Waals surface area (Å²) in [5, 5.41) is 0.408. The van der Waals surface area contributed by atoms with Crippen molar-refractivity contribution < 1.29 is 14.4 Å². The minimum absolute atomic E-state index is 0.155. The van der Waals surface area contributed by atoms with E-state index in [-0.39, 0.29) is 18.2 Å². The molecule has 0 saturated carbocycles. The zero-order valence-electron chi connectivity index (χ0n) is 11.9. The van der Waals surface area contributed by atoms with Crippen molar-refractivity contribution in [3.63, 3.8) is 0 Å². The maximum atomic E-state index is 12.4. The maximum Gasteiger partial charge on any atom is 0.255 e. The average molecular weight is 325 g/mol. The Morgan fingerprint density at radius 2 is 1.68 bits per heavy atom. The van der Waals surface area contributed by atoms with Crippen molar-refractivity contribution in [1.82, 2.24) is 15.2 Å².